The monoisotopic (exact) mass is 1010 g/mol. The van der Waals surface area contributed by atoms with Gasteiger partial charge in [0, 0.05) is 12.8 Å². The average molecular weight is 1010 g/mol. The van der Waals surface area contributed by atoms with Crippen LogP contribution < -0.4 is 0 Å². The minimum Gasteiger partial charge on any atom is -0.462 e. The highest BCUT2D eigenvalue weighted by molar-refractivity contribution is 5.72. The van der Waals surface area contributed by atoms with Crippen LogP contribution in [0, 0.1) is 0 Å². The summed E-state index contributed by atoms with van der Waals surface area (Å²) < 4.78 is 16.8. The summed E-state index contributed by atoms with van der Waals surface area (Å²) in [7, 11) is 0. The van der Waals surface area contributed by atoms with Crippen molar-refractivity contribution in [2.75, 3.05) is 13.2 Å². The number of unbranched alkanes of at least 4 members (excludes halogenated alkanes) is 23. The number of esters is 3. The van der Waals surface area contributed by atoms with Crippen LogP contribution in [0.3, 0.4) is 0 Å². The largest absolute Gasteiger partial charge is 0.462 e. The van der Waals surface area contributed by atoms with Gasteiger partial charge >= 0.3 is 17.9 Å². The molecular weight excluding hydrogens is 901 g/mol. The van der Waals surface area contributed by atoms with E-state index in [-0.39, 0.29) is 31.6 Å². The predicted molar refractivity (Wildman–Crippen MR) is 316 cm³/mol. The Kier molecular flexibility index (Phi) is 56.9. The van der Waals surface area contributed by atoms with Crippen molar-refractivity contribution in [3.63, 3.8) is 0 Å². The topological polar surface area (TPSA) is 78.9 Å². The summed E-state index contributed by atoms with van der Waals surface area (Å²) in [6.45, 7) is 6.31. The normalized spacial score (nSPS) is 13.0. The lowest BCUT2D eigenvalue weighted by atomic mass is 10.0. The number of carbonyl (C=O) groups is 3. The third kappa shape index (κ3) is 58.6. The Morgan fingerprint density at radius 1 is 0.301 bits per heavy atom. The average Bonchev–Trinajstić information content (AvgIpc) is 3.39. The molecule has 0 heterocycles. The van der Waals surface area contributed by atoms with Gasteiger partial charge in [-0.1, -0.05) is 258 Å². The van der Waals surface area contributed by atoms with Crippen molar-refractivity contribution < 1.29 is 28.6 Å². The van der Waals surface area contributed by atoms with Crippen molar-refractivity contribution in [2.24, 2.45) is 0 Å². The molecule has 0 N–H and O–H groups in total. The molecule has 0 rings (SSSR count). The first-order chi connectivity index (χ1) is 36.0. The Bertz CT molecular complexity index is 1540. The first-order valence-corrected chi connectivity index (χ1v) is 30.0. The fourth-order valence-electron chi connectivity index (χ4n) is 8.03. The van der Waals surface area contributed by atoms with Crippen LogP contribution in [0.4, 0.5) is 0 Å². The zero-order chi connectivity index (χ0) is 52.9. The van der Waals surface area contributed by atoms with Crippen LogP contribution in [0.5, 0.6) is 0 Å². The van der Waals surface area contributed by atoms with Gasteiger partial charge in [0.1, 0.15) is 13.2 Å². The summed E-state index contributed by atoms with van der Waals surface area (Å²) in [4.78, 5) is 38.2. The van der Waals surface area contributed by atoms with Gasteiger partial charge in [-0.2, -0.15) is 0 Å². The Morgan fingerprint density at radius 3 is 0.959 bits per heavy atom. The molecule has 1 unspecified atom stereocenters. The van der Waals surface area contributed by atoms with E-state index in [0.717, 1.165) is 109 Å². The van der Waals surface area contributed by atoms with Gasteiger partial charge in [0.25, 0.3) is 0 Å². The van der Waals surface area contributed by atoms with Crippen molar-refractivity contribution in [1.82, 2.24) is 0 Å². The molecule has 0 amide bonds. The van der Waals surface area contributed by atoms with E-state index in [0.29, 0.717) is 12.8 Å². The molecule has 0 aromatic heterocycles. The summed E-state index contributed by atoms with van der Waals surface area (Å²) in [5.74, 6) is -1.06. The highest BCUT2D eigenvalue weighted by Gasteiger charge is 2.19. The van der Waals surface area contributed by atoms with Crippen molar-refractivity contribution in [2.45, 2.75) is 271 Å². The second kappa shape index (κ2) is 60.4. The standard InChI is InChI=1S/C67H110O6/c1-4-7-10-13-16-19-22-25-28-30-31-32-33-34-35-37-39-42-45-48-51-54-57-60-66(69)72-63-64(62-71-65(68)59-56-53-50-47-44-41-38-27-24-21-18-15-12-9-6-3)73-67(70)61-58-55-52-49-46-43-40-36-29-26-23-20-17-14-11-8-5-2/h8-9,11-12,17-18,20-22,25-27,29-31,38,44,47,53,56,64H,4-7,10,13-16,19,23-24,28,32-37,39-43,45-46,48-52,54-55,57-63H2,1-3H3/b11-8-,12-9-,20-17-,21-18-,25-22-,29-26-,31-30-,38-27-,47-44-,56-53-. The van der Waals surface area contributed by atoms with Gasteiger partial charge in [-0.25, -0.2) is 0 Å². The summed E-state index contributed by atoms with van der Waals surface area (Å²) in [5.41, 5.74) is 0. The highest BCUT2D eigenvalue weighted by atomic mass is 16.6. The maximum Gasteiger partial charge on any atom is 0.309 e. The quantitative estimate of drug-likeness (QED) is 0.0261. The molecule has 0 aliphatic carbocycles. The first kappa shape index (κ1) is 68.8. The van der Waals surface area contributed by atoms with E-state index in [4.69, 9.17) is 14.2 Å². The number of rotatable bonds is 53. The van der Waals surface area contributed by atoms with Crippen LogP contribution in [0.15, 0.2) is 122 Å². The van der Waals surface area contributed by atoms with Gasteiger partial charge < -0.3 is 14.2 Å². The van der Waals surface area contributed by atoms with Crippen molar-refractivity contribution >= 4 is 17.9 Å². The van der Waals surface area contributed by atoms with Gasteiger partial charge in [0.2, 0.25) is 0 Å². The first-order valence-electron chi connectivity index (χ1n) is 30.0. The Hall–Kier alpha value is -4.19. The molecule has 73 heavy (non-hydrogen) atoms. The molecule has 0 saturated heterocycles. The van der Waals surface area contributed by atoms with Crippen LogP contribution in [0.25, 0.3) is 0 Å². The number of allylic oxidation sites excluding steroid dienone is 19. The molecule has 6 nitrogen and oxygen atoms in total. The number of ether oxygens (including phenoxy) is 3. The Morgan fingerprint density at radius 2 is 0.589 bits per heavy atom. The van der Waals surface area contributed by atoms with Crippen molar-refractivity contribution in [3.05, 3.63) is 122 Å². The van der Waals surface area contributed by atoms with Crippen LogP contribution in [0.2, 0.25) is 0 Å². The maximum atomic E-state index is 12.9. The van der Waals surface area contributed by atoms with E-state index < -0.39 is 12.1 Å². The molecule has 0 radical (unpaired) electrons. The molecule has 0 aliphatic heterocycles. The van der Waals surface area contributed by atoms with E-state index >= 15 is 0 Å². The van der Waals surface area contributed by atoms with Crippen LogP contribution in [0.1, 0.15) is 265 Å². The lowest BCUT2D eigenvalue weighted by Gasteiger charge is -2.18. The molecular formula is C67H110O6. The number of hydrogen-bond donors (Lipinski definition) is 0. The smallest absolute Gasteiger partial charge is 0.309 e. The van der Waals surface area contributed by atoms with Crippen LogP contribution in [-0.2, 0) is 28.6 Å². The van der Waals surface area contributed by atoms with Crippen LogP contribution in [-0.4, -0.2) is 37.2 Å². The minimum atomic E-state index is -0.828. The van der Waals surface area contributed by atoms with E-state index in [1.165, 1.54) is 116 Å². The van der Waals surface area contributed by atoms with Crippen LogP contribution >= 0.6 is 0 Å². The fourth-order valence-corrected chi connectivity index (χ4v) is 8.03. The van der Waals surface area contributed by atoms with Gasteiger partial charge in [-0.05, 0) is 109 Å². The predicted octanol–water partition coefficient (Wildman–Crippen LogP) is 20.4. The summed E-state index contributed by atoms with van der Waals surface area (Å²) in [6, 6.07) is 0. The summed E-state index contributed by atoms with van der Waals surface area (Å²) in [6.07, 6.45) is 83.6. The molecule has 0 spiro atoms. The molecule has 414 valence electrons. The summed E-state index contributed by atoms with van der Waals surface area (Å²) >= 11 is 0. The van der Waals surface area contributed by atoms with E-state index in [9.17, 15) is 14.4 Å². The Balaban J connectivity index is 4.45. The molecule has 0 fully saturated rings. The SMILES string of the molecule is CC/C=C\C/C=C\C/C=C\C/C=C\C/C=C\CC(=O)OCC(COC(=O)CCCCCCCCCCCCC/C=C\C/C=C\CCCCCCC)OC(=O)CCCCCCCCC/C=C\C/C=C\C/C=C\CC. The Labute approximate surface area is 450 Å². The summed E-state index contributed by atoms with van der Waals surface area (Å²) in [5, 5.41) is 0. The molecule has 0 aromatic rings. The highest BCUT2D eigenvalue weighted by Crippen LogP contribution is 2.15. The lowest BCUT2D eigenvalue weighted by molar-refractivity contribution is -0.166. The number of carbonyl (C=O) groups excluding carboxylic acids is 3. The minimum absolute atomic E-state index is 0.115. The van der Waals surface area contributed by atoms with E-state index in [1.54, 1.807) is 6.08 Å². The zero-order valence-corrected chi connectivity index (χ0v) is 47.4. The molecule has 0 bridgehead atoms. The molecule has 6 heteroatoms. The second-order valence-electron chi connectivity index (χ2n) is 19.5. The molecule has 0 aromatic carbocycles. The van der Waals surface area contributed by atoms with Gasteiger partial charge in [-0.3, -0.25) is 14.4 Å². The third-order valence-electron chi connectivity index (χ3n) is 12.5. The van der Waals surface area contributed by atoms with Crippen molar-refractivity contribution in [1.29, 1.82) is 0 Å². The zero-order valence-electron chi connectivity index (χ0n) is 47.4. The third-order valence-corrected chi connectivity index (χ3v) is 12.5. The van der Waals surface area contributed by atoms with Gasteiger partial charge in [0.15, 0.2) is 6.10 Å². The van der Waals surface area contributed by atoms with Crippen molar-refractivity contribution in [3.8, 4) is 0 Å². The molecule has 0 saturated carbocycles. The van der Waals surface area contributed by atoms with E-state index in [1.807, 2.05) is 6.08 Å². The van der Waals surface area contributed by atoms with E-state index in [2.05, 4.69) is 130 Å². The second-order valence-corrected chi connectivity index (χ2v) is 19.5. The molecule has 1 atom stereocenters. The molecule has 0 aliphatic rings. The maximum absolute atomic E-state index is 12.9. The van der Waals surface area contributed by atoms with Gasteiger partial charge in [0.05, 0.1) is 6.42 Å². The van der Waals surface area contributed by atoms with Gasteiger partial charge in [-0.15, -0.1) is 0 Å². The number of hydrogen-bond acceptors (Lipinski definition) is 6. The lowest BCUT2D eigenvalue weighted by Crippen LogP contribution is -2.30. The fraction of sp³-hybridized carbons (Fsp3) is 0.657.